The van der Waals surface area contributed by atoms with Crippen molar-refractivity contribution in [1.29, 1.82) is 0 Å². The normalized spacial score (nSPS) is 25.3. The van der Waals surface area contributed by atoms with Crippen LogP contribution in [-0.4, -0.2) is 11.7 Å². The third-order valence-electron chi connectivity index (χ3n) is 2.82. The molecule has 0 saturated heterocycles. The van der Waals surface area contributed by atoms with Crippen LogP contribution < -0.4 is 0 Å². The molecule has 15 heavy (non-hydrogen) atoms. The van der Waals surface area contributed by atoms with Gasteiger partial charge >= 0.3 is 6.18 Å². The molecule has 0 bridgehead atoms. The van der Waals surface area contributed by atoms with Crippen molar-refractivity contribution in [2.75, 3.05) is 6.61 Å². The van der Waals surface area contributed by atoms with Crippen LogP contribution in [-0.2, 0) is 6.18 Å². The van der Waals surface area contributed by atoms with Gasteiger partial charge in [-0.15, -0.1) is 0 Å². The van der Waals surface area contributed by atoms with E-state index < -0.39 is 11.7 Å². The van der Waals surface area contributed by atoms with Gasteiger partial charge in [-0.25, -0.2) is 0 Å². The summed E-state index contributed by atoms with van der Waals surface area (Å²) in [6.45, 7) is 0.117. The second-order valence-electron chi connectivity index (χ2n) is 3.90. The Balaban J connectivity index is 2.12. The fourth-order valence-electron chi connectivity index (χ4n) is 1.78. The zero-order valence-electron chi connectivity index (χ0n) is 7.96. The van der Waals surface area contributed by atoms with E-state index in [1.165, 1.54) is 12.1 Å². The highest BCUT2D eigenvalue weighted by atomic mass is 19.4. The van der Waals surface area contributed by atoms with E-state index in [4.69, 9.17) is 5.11 Å². The van der Waals surface area contributed by atoms with E-state index in [1.54, 1.807) is 0 Å². The van der Waals surface area contributed by atoms with Crippen LogP contribution in [0.4, 0.5) is 13.2 Å². The number of hydrogen-bond donors (Lipinski definition) is 1. The van der Waals surface area contributed by atoms with Crippen LogP contribution in [0.25, 0.3) is 0 Å². The lowest BCUT2D eigenvalue weighted by Gasteiger charge is -2.07. The second kappa shape index (κ2) is 3.52. The van der Waals surface area contributed by atoms with Gasteiger partial charge in [0.1, 0.15) is 0 Å². The first-order valence-corrected chi connectivity index (χ1v) is 4.80. The number of benzene rings is 1. The molecule has 1 nitrogen and oxygen atoms in total. The minimum atomic E-state index is -4.27. The SMILES string of the molecule is OC[C@H]1C[C@H]1c1ccc(C(F)(F)F)cc1. The molecular weight excluding hydrogens is 205 g/mol. The van der Waals surface area contributed by atoms with E-state index in [-0.39, 0.29) is 18.4 Å². The van der Waals surface area contributed by atoms with Crippen molar-refractivity contribution in [1.82, 2.24) is 0 Å². The van der Waals surface area contributed by atoms with Gasteiger partial charge in [-0.2, -0.15) is 13.2 Å². The van der Waals surface area contributed by atoms with E-state index in [0.717, 1.165) is 24.1 Å². The molecule has 82 valence electrons. The Morgan fingerprint density at radius 1 is 1.20 bits per heavy atom. The molecule has 0 heterocycles. The highest BCUT2D eigenvalue weighted by Gasteiger charge is 2.38. The average molecular weight is 216 g/mol. The molecule has 1 N–H and O–H groups in total. The summed E-state index contributed by atoms with van der Waals surface area (Å²) in [4.78, 5) is 0. The minimum absolute atomic E-state index is 0.117. The molecule has 2 atom stereocenters. The van der Waals surface area contributed by atoms with Crippen LogP contribution in [0.5, 0.6) is 0 Å². The first-order chi connectivity index (χ1) is 7.02. The van der Waals surface area contributed by atoms with Gasteiger partial charge in [-0.05, 0) is 36.0 Å². The Hall–Kier alpha value is -1.03. The monoisotopic (exact) mass is 216 g/mol. The third kappa shape index (κ3) is 2.15. The zero-order valence-corrected chi connectivity index (χ0v) is 7.96. The number of aliphatic hydroxyl groups excluding tert-OH is 1. The van der Waals surface area contributed by atoms with Crippen LogP contribution in [0.1, 0.15) is 23.5 Å². The summed E-state index contributed by atoms with van der Waals surface area (Å²) in [5.74, 6) is 0.485. The fraction of sp³-hybridized carbons (Fsp3) is 0.455. The lowest BCUT2D eigenvalue weighted by atomic mass is 10.1. The predicted molar refractivity (Wildman–Crippen MR) is 49.4 cm³/mol. The molecule has 1 aromatic carbocycles. The maximum absolute atomic E-state index is 12.2. The van der Waals surface area contributed by atoms with Gasteiger partial charge in [0.2, 0.25) is 0 Å². The van der Waals surface area contributed by atoms with Gasteiger partial charge in [0, 0.05) is 6.61 Å². The Morgan fingerprint density at radius 3 is 2.20 bits per heavy atom. The molecule has 0 unspecified atom stereocenters. The summed E-state index contributed by atoms with van der Waals surface area (Å²) in [5, 5.41) is 8.84. The largest absolute Gasteiger partial charge is 0.416 e. The Bertz CT molecular complexity index is 342. The van der Waals surface area contributed by atoms with Crippen molar-refractivity contribution in [2.24, 2.45) is 5.92 Å². The standard InChI is InChI=1S/C11H11F3O/c12-11(13,14)9-3-1-7(2-4-9)10-5-8(10)6-15/h1-4,8,10,15H,5-6H2/t8-,10+/m1/s1. The van der Waals surface area contributed by atoms with Gasteiger partial charge in [-0.1, -0.05) is 12.1 Å². The predicted octanol–water partition coefficient (Wildman–Crippen LogP) is 2.80. The number of rotatable bonds is 2. The number of aliphatic hydroxyl groups is 1. The molecule has 1 aromatic rings. The minimum Gasteiger partial charge on any atom is -0.396 e. The molecular formula is C11H11F3O. The molecule has 0 spiro atoms. The van der Waals surface area contributed by atoms with E-state index in [9.17, 15) is 13.2 Å². The fourth-order valence-corrected chi connectivity index (χ4v) is 1.78. The maximum Gasteiger partial charge on any atom is 0.416 e. The highest BCUT2D eigenvalue weighted by Crippen LogP contribution is 2.47. The lowest BCUT2D eigenvalue weighted by molar-refractivity contribution is -0.137. The highest BCUT2D eigenvalue weighted by molar-refractivity contribution is 5.30. The van der Waals surface area contributed by atoms with Crippen LogP contribution in [0, 0.1) is 5.92 Å². The van der Waals surface area contributed by atoms with Crippen molar-refractivity contribution in [3.63, 3.8) is 0 Å². The maximum atomic E-state index is 12.2. The van der Waals surface area contributed by atoms with Crippen molar-refractivity contribution in [2.45, 2.75) is 18.5 Å². The number of hydrogen-bond acceptors (Lipinski definition) is 1. The van der Waals surface area contributed by atoms with Gasteiger partial charge in [0.25, 0.3) is 0 Å². The van der Waals surface area contributed by atoms with E-state index in [1.807, 2.05) is 0 Å². The molecule has 1 saturated carbocycles. The Labute approximate surface area is 85.5 Å². The molecule has 0 aromatic heterocycles. The molecule has 0 radical (unpaired) electrons. The van der Waals surface area contributed by atoms with Crippen LogP contribution in [0.15, 0.2) is 24.3 Å². The quantitative estimate of drug-likeness (QED) is 0.805. The number of alkyl halides is 3. The topological polar surface area (TPSA) is 20.2 Å². The zero-order chi connectivity index (χ0) is 11.1. The van der Waals surface area contributed by atoms with Gasteiger partial charge < -0.3 is 5.11 Å². The summed E-state index contributed by atoms with van der Waals surface area (Å²) in [6, 6.07) is 5.20. The summed E-state index contributed by atoms with van der Waals surface area (Å²) >= 11 is 0. The van der Waals surface area contributed by atoms with Gasteiger partial charge in [0.15, 0.2) is 0 Å². The molecule has 4 heteroatoms. The number of halogens is 3. The molecule has 0 amide bonds. The lowest BCUT2D eigenvalue weighted by Crippen LogP contribution is -2.04. The molecule has 1 fully saturated rings. The summed E-state index contributed by atoms with van der Waals surface area (Å²) < 4.78 is 36.7. The summed E-state index contributed by atoms with van der Waals surface area (Å²) in [7, 11) is 0. The molecule has 1 aliphatic rings. The van der Waals surface area contributed by atoms with Crippen molar-refractivity contribution < 1.29 is 18.3 Å². The summed E-state index contributed by atoms with van der Waals surface area (Å²) in [6.07, 6.45) is -3.39. The average Bonchev–Trinajstić information content (AvgIpc) is 2.95. The third-order valence-corrected chi connectivity index (χ3v) is 2.82. The first-order valence-electron chi connectivity index (χ1n) is 4.80. The van der Waals surface area contributed by atoms with Crippen LogP contribution in [0.3, 0.4) is 0 Å². The van der Waals surface area contributed by atoms with E-state index in [2.05, 4.69) is 0 Å². The smallest absolute Gasteiger partial charge is 0.396 e. The van der Waals surface area contributed by atoms with Crippen molar-refractivity contribution >= 4 is 0 Å². The van der Waals surface area contributed by atoms with Gasteiger partial charge in [-0.3, -0.25) is 0 Å². The van der Waals surface area contributed by atoms with Crippen LogP contribution >= 0.6 is 0 Å². The summed E-state index contributed by atoms with van der Waals surface area (Å²) in [5.41, 5.74) is 0.273. The van der Waals surface area contributed by atoms with Gasteiger partial charge in [0.05, 0.1) is 5.56 Å². The first kappa shape index (κ1) is 10.5. The molecule has 0 aliphatic heterocycles. The Morgan fingerprint density at radius 2 is 1.80 bits per heavy atom. The van der Waals surface area contributed by atoms with Crippen molar-refractivity contribution in [3.05, 3.63) is 35.4 Å². The van der Waals surface area contributed by atoms with E-state index in [0.29, 0.717) is 0 Å². The Kier molecular flexibility index (Phi) is 2.46. The molecule has 2 rings (SSSR count). The van der Waals surface area contributed by atoms with Crippen molar-refractivity contribution in [3.8, 4) is 0 Å². The van der Waals surface area contributed by atoms with E-state index >= 15 is 0 Å². The second-order valence-corrected chi connectivity index (χ2v) is 3.90. The van der Waals surface area contributed by atoms with Crippen LogP contribution in [0.2, 0.25) is 0 Å². The molecule has 1 aliphatic carbocycles.